The van der Waals surface area contributed by atoms with Crippen LogP contribution in [-0.2, 0) is 0 Å². The molecule has 3 rings (SSSR count). The lowest BCUT2D eigenvalue weighted by molar-refractivity contribution is 0.402. The van der Waals surface area contributed by atoms with E-state index in [1.807, 2.05) is 36.5 Å². The molecule has 5 nitrogen and oxygen atoms in total. The van der Waals surface area contributed by atoms with E-state index in [1.54, 1.807) is 25.7 Å². The molecule has 0 radical (unpaired) electrons. The van der Waals surface area contributed by atoms with Crippen LogP contribution in [0.5, 0.6) is 5.75 Å². The fourth-order valence-corrected chi connectivity index (χ4v) is 2.55. The van der Waals surface area contributed by atoms with Crippen LogP contribution in [0.15, 0.2) is 55.1 Å². The summed E-state index contributed by atoms with van der Waals surface area (Å²) in [5.74, 6) is 6.51. The molecule has 3 aromatic rings. The second-order valence-corrected chi connectivity index (χ2v) is 4.66. The molecular weight excluding hydrogens is 264 g/mol. The topological polar surface area (TPSA) is 73.1 Å². The van der Waals surface area contributed by atoms with Gasteiger partial charge in [-0.2, -0.15) is 0 Å². The average molecular weight is 280 g/mol. The Bertz CT molecular complexity index is 755. The summed E-state index contributed by atoms with van der Waals surface area (Å²) in [6.07, 6.45) is 7.04. The lowest BCUT2D eigenvalue weighted by atomic mass is 9.95. The van der Waals surface area contributed by atoms with Gasteiger partial charge in [-0.1, -0.05) is 18.2 Å². The van der Waals surface area contributed by atoms with Crippen molar-refractivity contribution in [1.82, 2.24) is 15.4 Å². The molecule has 0 amide bonds. The smallest absolute Gasteiger partial charge is 0.142 e. The maximum Gasteiger partial charge on any atom is 0.142 e. The molecule has 0 saturated carbocycles. The minimum Gasteiger partial charge on any atom is -0.495 e. The number of fused-ring (bicyclic) bond motifs is 1. The summed E-state index contributed by atoms with van der Waals surface area (Å²) in [5, 5.41) is 2.18. The zero-order chi connectivity index (χ0) is 14.7. The molecule has 2 heterocycles. The number of nitrogens with one attached hydrogen (secondary N) is 1. The first-order chi connectivity index (χ1) is 10.3. The number of hydrogen-bond donors (Lipinski definition) is 2. The van der Waals surface area contributed by atoms with Gasteiger partial charge in [-0.05, 0) is 23.1 Å². The number of hydrazine groups is 1. The Morgan fingerprint density at radius 1 is 1.05 bits per heavy atom. The van der Waals surface area contributed by atoms with Gasteiger partial charge >= 0.3 is 0 Å². The zero-order valence-corrected chi connectivity index (χ0v) is 11.7. The Morgan fingerprint density at radius 2 is 1.86 bits per heavy atom. The van der Waals surface area contributed by atoms with Crippen molar-refractivity contribution in [3.63, 3.8) is 0 Å². The number of pyridine rings is 2. The van der Waals surface area contributed by atoms with Crippen LogP contribution in [0, 0.1) is 0 Å². The first-order valence-electron chi connectivity index (χ1n) is 6.62. The van der Waals surface area contributed by atoms with E-state index < -0.39 is 0 Å². The highest BCUT2D eigenvalue weighted by molar-refractivity contribution is 5.85. The van der Waals surface area contributed by atoms with Crippen LogP contribution < -0.4 is 16.0 Å². The van der Waals surface area contributed by atoms with Gasteiger partial charge < -0.3 is 4.74 Å². The molecule has 0 bridgehead atoms. The van der Waals surface area contributed by atoms with E-state index in [4.69, 9.17) is 10.6 Å². The summed E-state index contributed by atoms with van der Waals surface area (Å²) >= 11 is 0. The van der Waals surface area contributed by atoms with Crippen LogP contribution in [0.2, 0.25) is 0 Å². The van der Waals surface area contributed by atoms with Gasteiger partial charge in [0.15, 0.2) is 0 Å². The number of benzene rings is 1. The highest BCUT2D eigenvalue weighted by Gasteiger charge is 2.18. The molecule has 0 saturated heterocycles. The lowest BCUT2D eigenvalue weighted by Gasteiger charge is -2.20. The molecule has 5 heteroatoms. The molecule has 0 aliphatic heterocycles. The summed E-state index contributed by atoms with van der Waals surface area (Å²) < 4.78 is 5.39. The van der Waals surface area contributed by atoms with Gasteiger partial charge in [-0.3, -0.25) is 15.8 Å². The van der Waals surface area contributed by atoms with E-state index in [0.717, 1.165) is 21.9 Å². The number of methoxy groups -OCH3 is 1. The van der Waals surface area contributed by atoms with Crippen molar-refractivity contribution in [1.29, 1.82) is 0 Å². The Balaban J connectivity index is 2.19. The standard InChI is InChI=1S/C16H16N4O/c1-21-15-10-19-8-6-14(15)16(20-17)13-4-2-3-11-9-18-7-5-12(11)13/h2-10,16,20H,17H2,1H3. The molecule has 3 N–H and O–H groups in total. The van der Waals surface area contributed by atoms with Gasteiger partial charge in [0, 0.05) is 29.5 Å². The summed E-state index contributed by atoms with van der Waals surface area (Å²) in [6.45, 7) is 0. The second kappa shape index (κ2) is 5.87. The first-order valence-corrected chi connectivity index (χ1v) is 6.62. The van der Waals surface area contributed by atoms with Crippen LogP contribution in [0.25, 0.3) is 10.8 Å². The molecule has 2 aromatic heterocycles. The van der Waals surface area contributed by atoms with Crippen LogP contribution in [0.1, 0.15) is 17.2 Å². The third-order valence-corrected chi connectivity index (χ3v) is 3.54. The van der Waals surface area contributed by atoms with E-state index >= 15 is 0 Å². The summed E-state index contributed by atoms with van der Waals surface area (Å²) in [5.41, 5.74) is 4.89. The van der Waals surface area contributed by atoms with Gasteiger partial charge in [0.2, 0.25) is 0 Å². The average Bonchev–Trinajstić information content (AvgIpc) is 2.56. The van der Waals surface area contributed by atoms with Crippen molar-refractivity contribution in [3.8, 4) is 5.75 Å². The highest BCUT2D eigenvalue weighted by Crippen LogP contribution is 2.32. The van der Waals surface area contributed by atoms with Crippen LogP contribution in [0.4, 0.5) is 0 Å². The number of hydrogen-bond acceptors (Lipinski definition) is 5. The van der Waals surface area contributed by atoms with Gasteiger partial charge in [-0.25, -0.2) is 5.43 Å². The molecule has 21 heavy (non-hydrogen) atoms. The van der Waals surface area contributed by atoms with E-state index in [1.165, 1.54) is 0 Å². The van der Waals surface area contributed by atoms with Crippen molar-refractivity contribution in [2.45, 2.75) is 6.04 Å². The second-order valence-electron chi connectivity index (χ2n) is 4.66. The number of ether oxygens (including phenoxy) is 1. The maximum absolute atomic E-state index is 5.81. The lowest BCUT2D eigenvalue weighted by Crippen LogP contribution is -2.29. The minimum atomic E-state index is -0.186. The van der Waals surface area contributed by atoms with Gasteiger partial charge in [0.05, 0.1) is 19.3 Å². The van der Waals surface area contributed by atoms with Crippen LogP contribution in [-0.4, -0.2) is 17.1 Å². The van der Waals surface area contributed by atoms with Gasteiger partial charge in [-0.15, -0.1) is 0 Å². The number of aromatic nitrogens is 2. The zero-order valence-electron chi connectivity index (χ0n) is 11.7. The quantitative estimate of drug-likeness (QED) is 0.566. The molecule has 0 fully saturated rings. The van der Waals surface area contributed by atoms with Crippen LogP contribution >= 0.6 is 0 Å². The molecule has 1 atom stereocenters. The SMILES string of the molecule is COc1cnccc1C(NN)c1cccc2cnccc12. The third kappa shape index (κ3) is 2.44. The highest BCUT2D eigenvalue weighted by atomic mass is 16.5. The Kier molecular flexibility index (Phi) is 3.77. The summed E-state index contributed by atoms with van der Waals surface area (Å²) in [7, 11) is 1.63. The summed E-state index contributed by atoms with van der Waals surface area (Å²) in [6, 6.07) is 9.79. The van der Waals surface area contributed by atoms with Crippen molar-refractivity contribution < 1.29 is 4.74 Å². The number of nitrogens with two attached hydrogens (primary N) is 1. The fraction of sp³-hybridized carbons (Fsp3) is 0.125. The van der Waals surface area contributed by atoms with Gasteiger partial charge in [0.25, 0.3) is 0 Å². The fourth-order valence-electron chi connectivity index (χ4n) is 2.55. The van der Waals surface area contributed by atoms with Crippen molar-refractivity contribution in [2.75, 3.05) is 7.11 Å². The Morgan fingerprint density at radius 3 is 2.67 bits per heavy atom. The van der Waals surface area contributed by atoms with E-state index in [-0.39, 0.29) is 6.04 Å². The van der Waals surface area contributed by atoms with E-state index in [0.29, 0.717) is 5.75 Å². The molecule has 1 unspecified atom stereocenters. The number of nitrogens with zero attached hydrogens (tertiary/aromatic N) is 2. The predicted octanol–water partition coefficient (Wildman–Crippen LogP) is 2.19. The minimum absolute atomic E-state index is 0.186. The molecule has 0 aliphatic carbocycles. The maximum atomic E-state index is 5.81. The number of rotatable bonds is 4. The van der Waals surface area contributed by atoms with Crippen molar-refractivity contribution in [2.24, 2.45) is 5.84 Å². The monoisotopic (exact) mass is 280 g/mol. The molecule has 0 spiro atoms. The Hall–Kier alpha value is -2.50. The molecule has 1 aromatic carbocycles. The first kappa shape index (κ1) is 13.5. The largest absolute Gasteiger partial charge is 0.495 e. The molecule has 0 aliphatic rings. The van der Waals surface area contributed by atoms with Crippen molar-refractivity contribution in [3.05, 3.63) is 66.2 Å². The van der Waals surface area contributed by atoms with Crippen molar-refractivity contribution >= 4 is 10.8 Å². The third-order valence-electron chi connectivity index (χ3n) is 3.54. The summed E-state index contributed by atoms with van der Waals surface area (Å²) in [4.78, 5) is 8.24. The predicted molar refractivity (Wildman–Crippen MR) is 81.7 cm³/mol. The normalized spacial score (nSPS) is 12.3. The van der Waals surface area contributed by atoms with E-state index in [2.05, 4.69) is 15.4 Å². The molecular formula is C16H16N4O. The van der Waals surface area contributed by atoms with Crippen LogP contribution in [0.3, 0.4) is 0 Å². The molecule has 106 valence electrons. The van der Waals surface area contributed by atoms with E-state index in [9.17, 15) is 0 Å². The van der Waals surface area contributed by atoms with Gasteiger partial charge in [0.1, 0.15) is 5.75 Å². The Labute approximate surface area is 122 Å².